The molecule has 1 N–H and O–H groups in total. The Bertz CT molecular complexity index is 629. The van der Waals surface area contributed by atoms with Crippen LogP contribution >= 0.6 is 0 Å². The predicted molar refractivity (Wildman–Crippen MR) is 88.4 cm³/mol. The van der Waals surface area contributed by atoms with Crippen molar-refractivity contribution in [2.24, 2.45) is 0 Å². The highest BCUT2D eigenvalue weighted by Gasteiger charge is 2.25. The number of anilines is 1. The number of nitrogens with zero attached hydrogens (tertiary/aromatic N) is 3. The van der Waals surface area contributed by atoms with Crippen molar-refractivity contribution in [2.75, 3.05) is 18.4 Å². The van der Waals surface area contributed by atoms with Gasteiger partial charge < -0.3 is 15.0 Å². The fraction of sp³-hybridized carbons (Fsp3) is 0.412. The standard InChI is InChI=1S/C17H22N4O2/c1-13-10-20(11-14(2)23-13)17(22)19-16-6-4-15(5-7-16)12-21-9-3-8-18-21/h3-9,13-14H,10-12H2,1-2H3,(H,19,22)/t13-,14-/m0/s1. The van der Waals surface area contributed by atoms with E-state index in [4.69, 9.17) is 4.74 Å². The second kappa shape index (κ2) is 6.83. The summed E-state index contributed by atoms with van der Waals surface area (Å²) in [5.74, 6) is 0. The van der Waals surface area contributed by atoms with Crippen LogP contribution in [-0.2, 0) is 11.3 Å². The van der Waals surface area contributed by atoms with Gasteiger partial charge >= 0.3 is 6.03 Å². The summed E-state index contributed by atoms with van der Waals surface area (Å²) >= 11 is 0. The molecule has 2 heterocycles. The fourth-order valence-electron chi connectivity index (χ4n) is 2.82. The lowest BCUT2D eigenvalue weighted by atomic mass is 10.2. The Morgan fingerprint density at radius 1 is 1.26 bits per heavy atom. The highest BCUT2D eigenvalue weighted by molar-refractivity contribution is 5.89. The van der Waals surface area contributed by atoms with Crippen molar-refractivity contribution < 1.29 is 9.53 Å². The number of ether oxygens (including phenoxy) is 1. The molecule has 6 heteroatoms. The topological polar surface area (TPSA) is 59.4 Å². The minimum absolute atomic E-state index is 0.0703. The monoisotopic (exact) mass is 314 g/mol. The molecule has 1 saturated heterocycles. The van der Waals surface area contributed by atoms with Crippen LogP contribution < -0.4 is 5.32 Å². The zero-order chi connectivity index (χ0) is 16.2. The molecular formula is C17H22N4O2. The highest BCUT2D eigenvalue weighted by Crippen LogP contribution is 2.15. The highest BCUT2D eigenvalue weighted by atomic mass is 16.5. The first-order valence-corrected chi connectivity index (χ1v) is 7.88. The van der Waals surface area contributed by atoms with Gasteiger partial charge in [0.15, 0.2) is 0 Å². The summed E-state index contributed by atoms with van der Waals surface area (Å²) in [6, 6.07) is 9.67. The van der Waals surface area contributed by atoms with Gasteiger partial charge in [-0.15, -0.1) is 0 Å². The Kier molecular flexibility index (Phi) is 4.62. The number of amides is 2. The molecule has 2 amide bonds. The molecule has 2 aromatic rings. The molecule has 0 spiro atoms. The number of carbonyl (C=O) groups excluding carboxylic acids is 1. The molecule has 1 aromatic carbocycles. The largest absolute Gasteiger partial charge is 0.372 e. The van der Waals surface area contributed by atoms with Gasteiger partial charge in [-0.1, -0.05) is 12.1 Å². The van der Waals surface area contributed by atoms with Crippen LogP contribution in [0.3, 0.4) is 0 Å². The number of benzene rings is 1. The van der Waals surface area contributed by atoms with Crippen LogP contribution in [-0.4, -0.2) is 46.0 Å². The number of rotatable bonds is 3. The summed E-state index contributed by atoms with van der Waals surface area (Å²) in [5, 5.41) is 7.13. The summed E-state index contributed by atoms with van der Waals surface area (Å²) in [7, 11) is 0. The Balaban J connectivity index is 1.58. The van der Waals surface area contributed by atoms with Gasteiger partial charge in [-0.3, -0.25) is 4.68 Å². The van der Waals surface area contributed by atoms with Crippen LogP contribution in [0.4, 0.5) is 10.5 Å². The van der Waals surface area contributed by atoms with Crippen molar-refractivity contribution in [1.29, 1.82) is 0 Å². The maximum atomic E-state index is 12.3. The molecule has 0 unspecified atom stereocenters. The third-order valence-corrected chi connectivity index (χ3v) is 3.82. The molecule has 3 rings (SSSR count). The van der Waals surface area contributed by atoms with Crippen molar-refractivity contribution in [3.8, 4) is 0 Å². The molecule has 0 saturated carbocycles. The van der Waals surface area contributed by atoms with Gasteiger partial charge in [-0.05, 0) is 37.6 Å². The molecule has 1 aromatic heterocycles. The van der Waals surface area contributed by atoms with E-state index in [0.29, 0.717) is 13.1 Å². The van der Waals surface area contributed by atoms with Crippen molar-refractivity contribution >= 4 is 11.7 Å². The van der Waals surface area contributed by atoms with Gasteiger partial charge in [0, 0.05) is 31.2 Å². The first-order chi connectivity index (χ1) is 11.1. The van der Waals surface area contributed by atoms with Gasteiger partial charge in [-0.2, -0.15) is 5.10 Å². The first kappa shape index (κ1) is 15.6. The minimum Gasteiger partial charge on any atom is -0.372 e. The molecule has 1 aliphatic rings. The van der Waals surface area contributed by atoms with E-state index < -0.39 is 0 Å². The smallest absolute Gasteiger partial charge is 0.322 e. The average molecular weight is 314 g/mol. The number of morpholine rings is 1. The normalized spacial score (nSPS) is 21.2. The van der Waals surface area contributed by atoms with Crippen LogP contribution in [0.25, 0.3) is 0 Å². The molecule has 0 radical (unpaired) electrons. The van der Waals surface area contributed by atoms with E-state index in [1.54, 1.807) is 11.1 Å². The Morgan fingerprint density at radius 2 is 1.96 bits per heavy atom. The van der Waals surface area contributed by atoms with Crippen LogP contribution in [0.5, 0.6) is 0 Å². The average Bonchev–Trinajstić information content (AvgIpc) is 3.01. The molecule has 122 valence electrons. The van der Waals surface area contributed by atoms with Crippen molar-refractivity contribution in [3.63, 3.8) is 0 Å². The third kappa shape index (κ3) is 4.10. The molecular weight excluding hydrogens is 292 g/mol. The second-order valence-corrected chi connectivity index (χ2v) is 5.99. The lowest BCUT2D eigenvalue weighted by molar-refractivity contribution is -0.0530. The third-order valence-electron chi connectivity index (χ3n) is 3.82. The van der Waals surface area contributed by atoms with Gasteiger partial charge in [-0.25, -0.2) is 4.79 Å². The van der Waals surface area contributed by atoms with E-state index >= 15 is 0 Å². The molecule has 1 fully saturated rings. The Labute approximate surface area is 136 Å². The summed E-state index contributed by atoms with van der Waals surface area (Å²) in [6.07, 6.45) is 3.83. The van der Waals surface area contributed by atoms with Crippen LogP contribution in [0.1, 0.15) is 19.4 Å². The van der Waals surface area contributed by atoms with Gasteiger partial charge in [0.25, 0.3) is 0 Å². The van der Waals surface area contributed by atoms with Crippen LogP contribution in [0.2, 0.25) is 0 Å². The maximum absolute atomic E-state index is 12.3. The van der Waals surface area contributed by atoms with E-state index in [0.717, 1.165) is 17.8 Å². The SMILES string of the molecule is C[C@H]1CN(C(=O)Nc2ccc(Cn3cccn3)cc2)C[C@H](C)O1. The number of aromatic nitrogens is 2. The first-order valence-electron chi connectivity index (χ1n) is 7.88. The van der Waals surface area contributed by atoms with Crippen molar-refractivity contribution in [1.82, 2.24) is 14.7 Å². The number of hydrogen-bond donors (Lipinski definition) is 1. The zero-order valence-corrected chi connectivity index (χ0v) is 13.5. The predicted octanol–water partition coefficient (Wildman–Crippen LogP) is 2.57. The fourth-order valence-corrected chi connectivity index (χ4v) is 2.82. The lowest BCUT2D eigenvalue weighted by Gasteiger charge is -2.35. The Hall–Kier alpha value is -2.34. The summed E-state index contributed by atoms with van der Waals surface area (Å²) < 4.78 is 7.52. The molecule has 0 aliphatic carbocycles. The van der Waals surface area contributed by atoms with Crippen molar-refractivity contribution in [3.05, 3.63) is 48.3 Å². The summed E-state index contributed by atoms with van der Waals surface area (Å²) in [6.45, 7) is 5.93. The number of carbonyl (C=O) groups is 1. The van der Waals surface area contributed by atoms with Crippen LogP contribution in [0.15, 0.2) is 42.7 Å². The quantitative estimate of drug-likeness (QED) is 0.947. The summed E-state index contributed by atoms with van der Waals surface area (Å²) in [4.78, 5) is 14.1. The summed E-state index contributed by atoms with van der Waals surface area (Å²) in [5.41, 5.74) is 1.94. The van der Waals surface area contributed by atoms with Gasteiger partial charge in [0.05, 0.1) is 18.8 Å². The van der Waals surface area contributed by atoms with E-state index in [2.05, 4.69) is 10.4 Å². The number of urea groups is 1. The molecule has 6 nitrogen and oxygen atoms in total. The number of hydrogen-bond acceptors (Lipinski definition) is 3. The van der Waals surface area contributed by atoms with Crippen molar-refractivity contribution in [2.45, 2.75) is 32.6 Å². The Morgan fingerprint density at radius 3 is 2.57 bits per heavy atom. The lowest BCUT2D eigenvalue weighted by Crippen LogP contribution is -2.49. The van der Waals surface area contributed by atoms with Gasteiger partial charge in [0.1, 0.15) is 0 Å². The van der Waals surface area contributed by atoms with Gasteiger partial charge in [0.2, 0.25) is 0 Å². The van der Waals surface area contributed by atoms with Crippen LogP contribution in [0, 0.1) is 0 Å². The second-order valence-electron chi connectivity index (χ2n) is 5.99. The molecule has 23 heavy (non-hydrogen) atoms. The zero-order valence-electron chi connectivity index (χ0n) is 13.5. The molecule has 2 atom stereocenters. The molecule has 0 bridgehead atoms. The molecule has 1 aliphatic heterocycles. The van der Waals surface area contributed by atoms with E-state index in [-0.39, 0.29) is 18.2 Å². The van der Waals surface area contributed by atoms with E-state index in [1.165, 1.54) is 0 Å². The minimum atomic E-state index is -0.0770. The van der Waals surface area contributed by atoms with E-state index in [1.807, 2.05) is 55.1 Å². The number of nitrogens with one attached hydrogen (secondary N) is 1. The van der Waals surface area contributed by atoms with E-state index in [9.17, 15) is 4.79 Å². The maximum Gasteiger partial charge on any atom is 0.322 e.